The van der Waals surface area contributed by atoms with Gasteiger partial charge in [-0.1, -0.05) is 12.1 Å². The van der Waals surface area contributed by atoms with Crippen molar-refractivity contribution in [2.24, 2.45) is 0 Å². The molecule has 1 fully saturated rings. The van der Waals surface area contributed by atoms with E-state index >= 15 is 0 Å². The van der Waals surface area contributed by atoms with Crippen LogP contribution in [0.2, 0.25) is 0 Å². The number of ether oxygens (including phenoxy) is 2. The summed E-state index contributed by atoms with van der Waals surface area (Å²) in [4.78, 5) is 12.0. The van der Waals surface area contributed by atoms with E-state index in [-0.39, 0.29) is 11.4 Å². The molecule has 1 aromatic carbocycles. The van der Waals surface area contributed by atoms with E-state index in [1.165, 1.54) is 0 Å². The number of hydrogen-bond acceptors (Lipinski definition) is 8. The highest BCUT2D eigenvalue weighted by atomic mass is 16.7. The molecule has 1 unspecified atom stereocenters. The molecule has 124 valence electrons. The van der Waals surface area contributed by atoms with Gasteiger partial charge in [-0.15, -0.1) is 0 Å². The van der Waals surface area contributed by atoms with Gasteiger partial charge in [0.25, 0.3) is 5.95 Å². The Morgan fingerprint density at radius 1 is 1.09 bits per heavy atom. The summed E-state index contributed by atoms with van der Waals surface area (Å²) >= 11 is 0. The van der Waals surface area contributed by atoms with E-state index in [4.69, 9.17) is 19.0 Å². The van der Waals surface area contributed by atoms with E-state index < -0.39 is 37.3 Å². The van der Waals surface area contributed by atoms with E-state index in [0.29, 0.717) is 11.0 Å². The topological polar surface area (TPSA) is 130 Å². The van der Waals surface area contributed by atoms with Gasteiger partial charge in [0, 0.05) is 0 Å². The van der Waals surface area contributed by atoms with Crippen LogP contribution in [-0.4, -0.2) is 57.7 Å². The molecule has 2 aromatic rings. The SMILES string of the molecule is O=c1cc(OC2O[C@H](CO)[C@@H](O)[C@H](O)[C@H]2O)oc2ccccc12. The highest BCUT2D eigenvalue weighted by Crippen LogP contribution is 2.25. The van der Waals surface area contributed by atoms with Crippen molar-refractivity contribution < 1.29 is 34.3 Å². The van der Waals surface area contributed by atoms with Gasteiger partial charge in [0.2, 0.25) is 6.29 Å². The fourth-order valence-electron chi connectivity index (χ4n) is 2.42. The number of benzene rings is 1. The van der Waals surface area contributed by atoms with E-state index in [1.807, 2.05) is 0 Å². The third kappa shape index (κ3) is 2.94. The highest BCUT2D eigenvalue weighted by Gasteiger charge is 2.45. The van der Waals surface area contributed by atoms with Gasteiger partial charge in [0.1, 0.15) is 30.0 Å². The van der Waals surface area contributed by atoms with E-state index in [1.54, 1.807) is 24.3 Å². The second-order valence-corrected chi connectivity index (χ2v) is 5.24. The Labute approximate surface area is 130 Å². The maximum Gasteiger partial charge on any atom is 0.291 e. The normalized spacial score (nSPS) is 31.2. The molecule has 1 saturated heterocycles. The Morgan fingerprint density at radius 2 is 1.83 bits per heavy atom. The van der Waals surface area contributed by atoms with E-state index in [9.17, 15) is 20.1 Å². The number of rotatable bonds is 3. The van der Waals surface area contributed by atoms with Crippen molar-refractivity contribution in [2.45, 2.75) is 30.7 Å². The molecule has 23 heavy (non-hydrogen) atoms. The Morgan fingerprint density at radius 3 is 2.57 bits per heavy atom. The van der Waals surface area contributed by atoms with E-state index in [2.05, 4.69) is 0 Å². The zero-order valence-corrected chi connectivity index (χ0v) is 11.9. The molecule has 2 heterocycles. The molecule has 0 amide bonds. The Hall–Kier alpha value is -1.97. The molecule has 0 aliphatic carbocycles. The molecule has 8 nitrogen and oxygen atoms in total. The smallest absolute Gasteiger partial charge is 0.291 e. The summed E-state index contributed by atoms with van der Waals surface area (Å²) in [5.41, 5.74) is -0.0500. The first kappa shape index (κ1) is 15.9. The molecule has 0 bridgehead atoms. The first-order valence-corrected chi connectivity index (χ1v) is 7.01. The quantitative estimate of drug-likeness (QED) is 0.564. The average Bonchev–Trinajstić information content (AvgIpc) is 2.55. The fraction of sp³-hybridized carbons (Fsp3) is 0.400. The van der Waals surface area contributed by atoms with Crippen molar-refractivity contribution in [3.05, 3.63) is 40.6 Å². The van der Waals surface area contributed by atoms with Crippen LogP contribution in [0.5, 0.6) is 5.95 Å². The van der Waals surface area contributed by atoms with Crippen molar-refractivity contribution in [1.29, 1.82) is 0 Å². The molecule has 0 radical (unpaired) electrons. The fourth-order valence-corrected chi connectivity index (χ4v) is 2.42. The van der Waals surface area contributed by atoms with Crippen molar-refractivity contribution in [2.75, 3.05) is 6.61 Å². The Kier molecular flexibility index (Phi) is 4.33. The monoisotopic (exact) mass is 324 g/mol. The second-order valence-electron chi connectivity index (χ2n) is 5.24. The van der Waals surface area contributed by atoms with Gasteiger partial charge in [0.15, 0.2) is 5.43 Å². The molecule has 1 aliphatic heterocycles. The summed E-state index contributed by atoms with van der Waals surface area (Å²) < 4.78 is 15.9. The van der Waals surface area contributed by atoms with Gasteiger partial charge >= 0.3 is 0 Å². The van der Waals surface area contributed by atoms with Crippen molar-refractivity contribution in [3.63, 3.8) is 0 Å². The van der Waals surface area contributed by atoms with Crippen LogP contribution in [0.1, 0.15) is 0 Å². The predicted molar refractivity (Wildman–Crippen MR) is 76.9 cm³/mol. The number of aliphatic hydroxyl groups excluding tert-OH is 4. The van der Waals surface area contributed by atoms with E-state index in [0.717, 1.165) is 6.07 Å². The number of aliphatic hydroxyl groups is 4. The Bertz CT molecular complexity index is 740. The van der Waals surface area contributed by atoms with Gasteiger partial charge in [0.05, 0.1) is 18.1 Å². The van der Waals surface area contributed by atoms with Crippen LogP contribution in [0.25, 0.3) is 11.0 Å². The molecule has 8 heteroatoms. The molecule has 0 spiro atoms. The number of hydrogen-bond donors (Lipinski definition) is 4. The lowest BCUT2D eigenvalue weighted by Gasteiger charge is -2.39. The molecule has 0 saturated carbocycles. The molecular weight excluding hydrogens is 308 g/mol. The third-order valence-electron chi connectivity index (χ3n) is 3.69. The molecule has 3 rings (SSSR count). The van der Waals surface area contributed by atoms with Crippen LogP contribution >= 0.6 is 0 Å². The third-order valence-corrected chi connectivity index (χ3v) is 3.69. The van der Waals surface area contributed by atoms with Crippen LogP contribution in [0.3, 0.4) is 0 Å². The van der Waals surface area contributed by atoms with Gasteiger partial charge < -0.3 is 34.3 Å². The lowest BCUT2D eigenvalue weighted by atomic mass is 9.99. The van der Waals surface area contributed by atoms with Crippen LogP contribution in [0, 0.1) is 0 Å². The number of para-hydroxylation sites is 1. The molecular formula is C15H16O8. The lowest BCUT2D eigenvalue weighted by molar-refractivity contribution is -0.280. The standard InChI is InChI=1S/C15H16O8/c16-6-10-12(18)13(19)14(20)15(22-10)23-11-5-8(17)7-3-1-2-4-9(7)21-11/h1-5,10,12-16,18-20H,6H2/t10-,12-,13+,14-,15?/m1/s1. The summed E-state index contributed by atoms with van der Waals surface area (Å²) in [6, 6.07) is 7.64. The lowest BCUT2D eigenvalue weighted by Crippen LogP contribution is -2.60. The Balaban J connectivity index is 1.87. The van der Waals surface area contributed by atoms with Gasteiger partial charge in [-0.3, -0.25) is 4.79 Å². The molecule has 4 N–H and O–H groups in total. The average molecular weight is 324 g/mol. The van der Waals surface area contributed by atoms with Gasteiger partial charge in [-0.05, 0) is 12.1 Å². The van der Waals surface area contributed by atoms with Crippen LogP contribution in [0.4, 0.5) is 0 Å². The largest absolute Gasteiger partial charge is 0.432 e. The summed E-state index contributed by atoms with van der Waals surface area (Å²) in [7, 11) is 0. The molecule has 5 atom stereocenters. The predicted octanol–water partition coefficient (Wildman–Crippen LogP) is -1.03. The highest BCUT2D eigenvalue weighted by molar-refractivity contribution is 5.76. The van der Waals surface area contributed by atoms with Crippen LogP contribution in [0.15, 0.2) is 39.5 Å². The maximum atomic E-state index is 12.0. The minimum absolute atomic E-state index is 0.210. The van der Waals surface area contributed by atoms with Crippen LogP contribution in [-0.2, 0) is 4.74 Å². The van der Waals surface area contributed by atoms with Crippen LogP contribution < -0.4 is 10.2 Å². The summed E-state index contributed by atoms with van der Waals surface area (Å²) in [5, 5.41) is 38.8. The molecule has 1 aliphatic rings. The minimum Gasteiger partial charge on any atom is -0.432 e. The van der Waals surface area contributed by atoms with Gasteiger partial charge in [-0.25, -0.2) is 0 Å². The van der Waals surface area contributed by atoms with Crippen molar-refractivity contribution in [1.82, 2.24) is 0 Å². The van der Waals surface area contributed by atoms with Crippen molar-refractivity contribution in [3.8, 4) is 5.95 Å². The summed E-state index contributed by atoms with van der Waals surface area (Å²) in [6.45, 7) is -0.577. The zero-order valence-electron chi connectivity index (χ0n) is 11.9. The van der Waals surface area contributed by atoms with Crippen molar-refractivity contribution >= 4 is 11.0 Å². The first-order valence-electron chi connectivity index (χ1n) is 7.01. The minimum atomic E-state index is -1.58. The summed E-state index contributed by atoms with van der Waals surface area (Å²) in [5.74, 6) is -0.210. The maximum absolute atomic E-state index is 12.0. The zero-order chi connectivity index (χ0) is 16.6. The molecule has 1 aromatic heterocycles. The first-order chi connectivity index (χ1) is 11.0. The number of fused-ring (bicyclic) bond motifs is 1. The second kappa shape index (κ2) is 6.26. The summed E-state index contributed by atoms with van der Waals surface area (Å²) in [6.07, 6.45) is -7.15. The van der Waals surface area contributed by atoms with Gasteiger partial charge in [-0.2, -0.15) is 0 Å².